The molecular weight excluding hydrogens is 344 g/mol. The van der Waals surface area contributed by atoms with Crippen LogP contribution < -0.4 is 10.2 Å². The lowest BCUT2D eigenvalue weighted by Crippen LogP contribution is -1.96. The first-order chi connectivity index (χ1) is 12.6. The summed E-state index contributed by atoms with van der Waals surface area (Å²) in [4.78, 5) is 0. The molecule has 0 fully saturated rings. The number of aryl methyl sites for hydroxylation is 2. The molecule has 0 amide bonds. The molecule has 0 spiro atoms. The highest BCUT2D eigenvalue weighted by molar-refractivity contribution is 6.30. The molecule has 4 heteroatoms. The summed E-state index contributed by atoms with van der Waals surface area (Å²) in [5.74, 6) is 0.792. The molecular formula is C22H21ClN2O. The first-order valence-electron chi connectivity index (χ1n) is 8.44. The van der Waals surface area contributed by atoms with Crippen LogP contribution in [0.5, 0.6) is 5.75 Å². The van der Waals surface area contributed by atoms with E-state index in [2.05, 4.69) is 36.5 Å². The van der Waals surface area contributed by atoms with Crippen LogP contribution in [-0.2, 0) is 6.61 Å². The van der Waals surface area contributed by atoms with Crippen molar-refractivity contribution in [2.24, 2.45) is 5.10 Å². The molecule has 0 unspecified atom stereocenters. The van der Waals surface area contributed by atoms with Gasteiger partial charge < -0.3 is 4.74 Å². The SMILES string of the molecule is Cc1ccc(NN=Cc2cccc(OCc3cccc(Cl)c3)c2)cc1C. The number of nitrogens with one attached hydrogen (secondary N) is 1. The van der Waals surface area contributed by atoms with Crippen molar-refractivity contribution in [1.82, 2.24) is 0 Å². The number of hydrogen-bond donors (Lipinski definition) is 1. The highest BCUT2D eigenvalue weighted by Gasteiger charge is 1.99. The lowest BCUT2D eigenvalue weighted by molar-refractivity contribution is 0.306. The predicted octanol–water partition coefficient (Wildman–Crippen LogP) is 5.98. The van der Waals surface area contributed by atoms with Crippen molar-refractivity contribution in [3.05, 3.63) is 94.0 Å². The summed E-state index contributed by atoms with van der Waals surface area (Å²) in [6, 6.07) is 21.7. The van der Waals surface area contributed by atoms with Gasteiger partial charge in [0.2, 0.25) is 0 Å². The summed E-state index contributed by atoms with van der Waals surface area (Å²) in [5, 5.41) is 5.02. The second kappa shape index (κ2) is 8.54. The number of benzene rings is 3. The second-order valence-electron chi connectivity index (χ2n) is 6.16. The molecule has 3 rings (SSSR count). The van der Waals surface area contributed by atoms with Crippen LogP contribution in [0, 0.1) is 13.8 Å². The molecule has 0 aliphatic rings. The molecule has 1 N–H and O–H groups in total. The number of nitrogens with zero attached hydrogens (tertiary/aromatic N) is 1. The van der Waals surface area contributed by atoms with Crippen molar-refractivity contribution < 1.29 is 4.74 Å². The van der Waals surface area contributed by atoms with Crippen LogP contribution in [0.25, 0.3) is 0 Å². The van der Waals surface area contributed by atoms with E-state index in [9.17, 15) is 0 Å². The van der Waals surface area contributed by atoms with E-state index in [1.807, 2.05) is 54.6 Å². The standard InChI is InChI=1S/C22H21ClN2O/c1-16-9-10-21(11-17(16)2)25-24-14-18-5-4-8-22(13-18)26-15-19-6-3-7-20(23)12-19/h3-14,25H,15H2,1-2H3. The van der Waals surface area contributed by atoms with Gasteiger partial charge in [-0.05, 0) is 72.5 Å². The Morgan fingerprint density at radius 2 is 1.81 bits per heavy atom. The quantitative estimate of drug-likeness (QED) is 0.431. The third-order valence-corrected chi connectivity index (χ3v) is 4.30. The number of hydrogen-bond acceptors (Lipinski definition) is 3. The van der Waals surface area contributed by atoms with Crippen LogP contribution in [0.4, 0.5) is 5.69 Å². The van der Waals surface area contributed by atoms with Gasteiger partial charge in [-0.3, -0.25) is 5.43 Å². The van der Waals surface area contributed by atoms with Crippen molar-refractivity contribution in [3.8, 4) is 5.75 Å². The molecule has 0 saturated heterocycles. The largest absolute Gasteiger partial charge is 0.489 e. The zero-order chi connectivity index (χ0) is 18.4. The molecule has 0 aromatic heterocycles. The third kappa shape index (κ3) is 5.11. The minimum Gasteiger partial charge on any atom is -0.489 e. The first kappa shape index (κ1) is 18.0. The molecule has 26 heavy (non-hydrogen) atoms. The van der Waals surface area contributed by atoms with Crippen molar-refractivity contribution >= 4 is 23.5 Å². The van der Waals surface area contributed by atoms with Gasteiger partial charge in [0.05, 0.1) is 11.9 Å². The van der Waals surface area contributed by atoms with Gasteiger partial charge in [-0.25, -0.2) is 0 Å². The van der Waals surface area contributed by atoms with Gasteiger partial charge in [-0.1, -0.05) is 41.9 Å². The molecule has 3 aromatic carbocycles. The Labute approximate surface area is 159 Å². The van der Waals surface area contributed by atoms with E-state index in [-0.39, 0.29) is 0 Å². The molecule has 0 bridgehead atoms. The van der Waals surface area contributed by atoms with Crippen molar-refractivity contribution in [2.45, 2.75) is 20.5 Å². The van der Waals surface area contributed by atoms with Crippen LogP contribution in [0.2, 0.25) is 5.02 Å². The lowest BCUT2D eigenvalue weighted by Gasteiger charge is -2.07. The topological polar surface area (TPSA) is 33.6 Å². The number of anilines is 1. The Hall–Kier alpha value is -2.78. The van der Waals surface area contributed by atoms with Crippen LogP contribution in [-0.4, -0.2) is 6.21 Å². The highest BCUT2D eigenvalue weighted by Crippen LogP contribution is 2.17. The summed E-state index contributed by atoms with van der Waals surface area (Å²) in [6.45, 7) is 4.66. The van der Waals surface area contributed by atoms with Crippen LogP contribution >= 0.6 is 11.6 Å². The molecule has 0 aliphatic heterocycles. The van der Waals surface area contributed by atoms with Gasteiger partial charge in [0.1, 0.15) is 12.4 Å². The van der Waals surface area contributed by atoms with E-state index in [0.717, 1.165) is 22.6 Å². The van der Waals surface area contributed by atoms with Gasteiger partial charge in [0.25, 0.3) is 0 Å². The Kier molecular flexibility index (Phi) is 5.92. The van der Waals surface area contributed by atoms with Gasteiger partial charge >= 0.3 is 0 Å². The Bertz CT molecular complexity index is 922. The average molecular weight is 365 g/mol. The molecule has 0 radical (unpaired) electrons. The predicted molar refractivity (Wildman–Crippen MR) is 109 cm³/mol. The average Bonchev–Trinajstić information content (AvgIpc) is 2.63. The molecule has 0 saturated carbocycles. The third-order valence-electron chi connectivity index (χ3n) is 4.07. The number of ether oxygens (including phenoxy) is 1. The maximum Gasteiger partial charge on any atom is 0.120 e. The van der Waals surface area contributed by atoms with Crippen molar-refractivity contribution in [1.29, 1.82) is 0 Å². The Balaban J connectivity index is 1.60. The minimum absolute atomic E-state index is 0.474. The van der Waals surface area contributed by atoms with Gasteiger partial charge in [-0.15, -0.1) is 0 Å². The van der Waals surface area contributed by atoms with Crippen molar-refractivity contribution in [3.63, 3.8) is 0 Å². The number of hydrazone groups is 1. The lowest BCUT2D eigenvalue weighted by atomic mass is 10.1. The monoisotopic (exact) mass is 364 g/mol. The number of halogens is 1. The molecule has 3 nitrogen and oxygen atoms in total. The molecule has 0 heterocycles. The summed E-state index contributed by atoms with van der Waals surface area (Å²) in [5.41, 5.74) is 8.53. The smallest absolute Gasteiger partial charge is 0.120 e. The van der Waals surface area contributed by atoms with E-state index in [0.29, 0.717) is 11.6 Å². The van der Waals surface area contributed by atoms with E-state index in [4.69, 9.17) is 16.3 Å². The maximum atomic E-state index is 6.00. The Morgan fingerprint density at radius 3 is 2.62 bits per heavy atom. The van der Waals surface area contributed by atoms with Crippen LogP contribution in [0.15, 0.2) is 71.8 Å². The van der Waals surface area contributed by atoms with E-state index >= 15 is 0 Å². The fourth-order valence-electron chi connectivity index (χ4n) is 2.47. The molecule has 0 aliphatic carbocycles. The number of rotatable bonds is 6. The van der Waals surface area contributed by atoms with E-state index in [1.54, 1.807) is 6.21 Å². The fraction of sp³-hybridized carbons (Fsp3) is 0.136. The molecule has 3 aromatic rings. The molecule has 0 atom stereocenters. The summed E-state index contributed by atoms with van der Waals surface area (Å²) >= 11 is 6.00. The van der Waals surface area contributed by atoms with E-state index in [1.165, 1.54) is 11.1 Å². The molecule has 132 valence electrons. The zero-order valence-electron chi connectivity index (χ0n) is 14.9. The van der Waals surface area contributed by atoms with Crippen LogP contribution in [0.1, 0.15) is 22.3 Å². The van der Waals surface area contributed by atoms with Crippen molar-refractivity contribution in [2.75, 3.05) is 5.43 Å². The summed E-state index contributed by atoms with van der Waals surface area (Å²) < 4.78 is 5.84. The van der Waals surface area contributed by atoms with Gasteiger partial charge in [0.15, 0.2) is 0 Å². The second-order valence-corrected chi connectivity index (χ2v) is 6.60. The first-order valence-corrected chi connectivity index (χ1v) is 8.81. The normalized spacial score (nSPS) is 10.9. The maximum absolute atomic E-state index is 6.00. The Morgan fingerprint density at radius 1 is 0.962 bits per heavy atom. The highest BCUT2D eigenvalue weighted by atomic mass is 35.5. The van der Waals surface area contributed by atoms with E-state index < -0.39 is 0 Å². The van der Waals surface area contributed by atoms with Gasteiger partial charge in [-0.2, -0.15) is 5.10 Å². The summed E-state index contributed by atoms with van der Waals surface area (Å²) in [7, 11) is 0. The minimum atomic E-state index is 0.474. The van der Waals surface area contributed by atoms with Crippen LogP contribution in [0.3, 0.4) is 0 Å². The summed E-state index contributed by atoms with van der Waals surface area (Å²) in [6.07, 6.45) is 1.78. The zero-order valence-corrected chi connectivity index (χ0v) is 15.6. The van der Waals surface area contributed by atoms with Gasteiger partial charge in [0, 0.05) is 5.02 Å². The fourth-order valence-corrected chi connectivity index (χ4v) is 2.68.